The van der Waals surface area contributed by atoms with Crippen LogP contribution in [-0.2, 0) is 4.74 Å². The number of aryl methyl sites for hydroxylation is 1. The summed E-state index contributed by atoms with van der Waals surface area (Å²) in [5, 5.41) is 4.37. The van der Waals surface area contributed by atoms with Crippen molar-refractivity contribution in [1.29, 1.82) is 0 Å². The van der Waals surface area contributed by atoms with Crippen LogP contribution in [0.5, 0.6) is 0 Å². The molecule has 0 fully saturated rings. The molecule has 1 unspecified atom stereocenters. The molecule has 1 atom stereocenters. The minimum absolute atomic E-state index is 0.494. The number of ether oxygens (including phenoxy) is 1. The van der Waals surface area contributed by atoms with Gasteiger partial charge >= 0.3 is 0 Å². The molecule has 0 aliphatic rings. The van der Waals surface area contributed by atoms with E-state index in [1.54, 1.807) is 18.4 Å². The molecule has 2 rings (SSSR count). The van der Waals surface area contributed by atoms with Crippen LogP contribution in [0.15, 0.2) is 18.2 Å². The fourth-order valence-corrected chi connectivity index (χ4v) is 2.72. The minimum atomic E-state index is 0.494. The zero-order valence-corrected chi connectivity index (χ0v) is 11.3. The quantitative estimate of drug-likeness (QED) is 0.884. The van der Waals surface area contributed by atoms with Crippen LogP contribution in [0.4, 0.5) is 5.13 Å². The third-order valence-electron chi connectivity index (χ3n) is 2.67. The molecule has 1 aromatic carbocycles. The fraction of sp³-hybridized carbons (Fsp3) is 0.462. The predicted octanol–water partition coefficient (Wildman–Crippen LogP) is 3.30. The van der Waals surface area contributed by atoms with E-state index >= 15 is 0 Å². The first kappa shape index (κ1) is 12.3. The molecule has 0 aliphatic heterocycles. The van der Waals surface area contributed by atoms with Crippen molar-refractivity contribution in [3.8, 4) is 0 Å². The number of hydrogen-bond acceptors (Lipinski definition) is 4. The van der Waals surface area contributed by atoms with E-state index in [4.69, 9.17) is 4.74 Å². The number of nitrogens with zero attached hydrogens (tertiary/aromatic N) is 1. The molecule has 1 aromatic heterocycles. The monoisotopic (exact) mass is 250 g/mol. The second-order valence-electron chi connectivity index (χ2n) is 4.38. The number of hydrogen-bond donors (Lipinski definition) is 1. The molecule has 92 valence electrons. The number of nitrogens with one attached hydrogen (secondary N) is 1. The minimum Gasteiger partial charge on any atom is -0.384 e. The first-order valence-electron chi connectivity index (χ1n) is 5.79. The second kappa shape index (κ2) is 5.47. The summed E-state index contributed by atoms with van der Waals surface area (Å²) in [6, 6.07) is 6.29. The highest BCUT2D eigenvalue weighted by atomic mass is 32.1. The van der Waals surface area contributed by atoms with E-state index in [-0.39, 0.29) is 0 Å². The van der Waals surface area contributed by atoms with E-state index in [1.165, 1.54) is 10.3 Å². The zero-order chi connectivity index (χ0) is 12.3. The van der Waals surface area contributed by atoms with Crippen LogP contribution in [0.1, 0.15) is 12.5 Å². The van der Waals surface area contributed by atoms with Crippen molar-refractivity contribution >= 4 is 26.7 Å². The van der Waals surface area contributed by atoms with Crippen molar-refractivity contribution in [3.63, 3.8) is 0 Å². The Kier molecular flexibility index (Phi) is 3.97. The Morgan fingerprint density at radius 2 is 2.29 bits per heavy atom. The van der Waals surface area contributed by atoms with Gasteiger partial charge in [-0.2, -0.15) is 0 Å². The lowest BCUT2D eigenvalue weighted by atomic mass is 10.2. The molecule has 17 heavy (non-hydrogen) atoms. The molecule has 0 saturated heterocycles. The van der Waals surface area contributed by atoms with Crippen LogP contribution in [0.3, 0.4) is 0 Å². The van der Waals surface area contributed by atoms with Crippen molar-refractivity contribution in [1.82, 2.24) is 4.98 Å². The summed E-state index contributed by atoms with van der Waals surface area (Å²) >= 11 is 1.71. The van der Waals surface area contributed by atoms with Crippen LogP contribution in [-0.4, -0.2) is 25.2 Å². The molecular weight excluding hydrogens is 232 g/mol. The number of fused-ring (bicyclic) bond motifs is 1. The SMILES string of the molecule is COCC(C)CNc1nc2c(C)cccc2s1. The number of thiazole rings is 1. The van der Waals surface area contributed by atoms with Crippen LogP contribution >= 0.6 is 11.3 Å². The maximum absolute atomic E-state index is 5.11. The Labute approximate surface area is 106 Å². The molecule has 4 heteroatoms. The third-order valence-corrected chi connectivity index (χ3v) is 3.65. The Bertz CT molecular complexity index is 495. The number of para-hydroxylation sites is 1. The molecule has 1 heterocycles. The van der Waals surface area contributed by atoms with E-state index in [0.717, 1.165) is 23.8 Å². The van der Waals surface area contributed by atoms with Gasteiger partial charge in [-0.15, -0.1) is 0 Å². The maximum Gasteiger partial charge on any atom is 0.183 e. The van der Waals surface area contributed by atoms with E-state index in [2.05, 4.69) is 42.3 Å². The van der Waals surface area contributed by atoms with Crippen molar-refractivity contribution in [2.45, 2.75) is 13.8 Å². The summed E-state index contributed by atoms with van der Waals surface area (Å²) in [5.41, 5.74) is 2.34. The zero-order valence-electron chi connectivity index (χ0n) is 10.5. The van der Waals surface area contributed by atoms with Gasteiger partial charge in [0.05, 0.1) is 16.8 Å². The van der Waals surface area contributed by atoms with Gasteiger partial charge in [0.25, 0.3) is 0 Å². The number of anilines is 1. The standard InChI is InChI=1S/C13H18N2OS/c1-9(8-16-3)7-14-13-15-12-10(2)5-4-6-11(12)17-13/h4-6,9H,7-8H2,1-3H3,(H,14,15). The largest absolute Gasteiger partial charge is 0.384 e. The normalized spacial score (nSPS) is 12.9. The molecule has 0 saturated carbocycles. The van der Waals surface area contributed by atoms with Crippen molar-refractivity contribution < 1.29 is 4.74 Å². The van der Waals surface area contributed by atoms with Gasteiger partial charge in [-0.1, -0.05) is 30.4 Å². The third kappa shape index (κ3) is 2.96. The van der Waals surface area contributed by atoms with Crippen molar-refractivity contribution in [2.24, 2.45) is 5.92 Å². The summed E-state index contributed by atoms with van der Waals surface area (Å²) in [6.45, 7) is 5.93. The Hall–Kier alpha value is -1.13. The van der Waals surface area contributed by atoms with E-state index < -0.39 is 0 Å². The van der Waals surface area contributed by atoms with E-state index in [1.807, 2.05) is 0 Å². The van der Waals surface area contributed by atoms with Gasteiger partial charge in [0.15, 0.2) is 5.13 Å². The molecule has 3 nitrogen and oxygen atoms in total. The van der Waals surface area contributed by atoms with Crippen LogP contribution in [0.25, 0.3) is 10.2 Å². The fourth-order valence-electron chi connectivity index (χ4n) is 1.77. The molecule has 0 bridgehead atoms. The van der Waals surface area contributed by atoms with Gasteiger partial charge < -0.3 is 10.1 Å². The number of methoxy groups -OCH3 is 1. The highest BCUT2D eigenvalue weighted by molar-refractivity contribution is 7.22. The summed E-state index contributed by atoms with van der Waals surface area (Å²) in [4.78, 5) is 4.61. The molecule has 2 aromatic rings. The van der Waals surface area contributed by atoms with Gasteiger partial charge in [0.1, 0.15) is 0 Å². The first-order chi connectivity index (χ1) is 8.20. The molecule has 0 amide bonds. The van der Waals surface area contributed by atoms with Gasteiger partial charge in [-0.25, -0.2) is 4.98 Å². The highest BCUT2D eigenvalue weighted by Gasteiger charge is 2.07. The lowest BCUT2D eigenvalue weighted by Crippen LogP contribution is -2.15. The Morgan fingerprint density at radius 1 is 1.47 bits per heavy atom. The van der Waals surface area contributed by atoms with Crippen LogP contribution in [0.2, 0.25) is 0 Å². The lowest BCUT2D eigenvalue weighted by Gasteiger charge is -2.09. The predicted molar refractivity (Wildman–Crippen MR) is 73.9 cm³/mol. The number of benzene rings is 1. The van der Waals surface area contributed by atoms with Crippen molar-refractivity contribution in [2.75, 3.05) is 25.6 Å². The average molecular weight is 250 g/mol. The highest BCUT2D eigenvalue weighted by Crippen LogP contribution is 2.27. The smallest absolute Gasteiger partial charge is 0.183 e. The summed E-state index contributed by atoms with van der Waals surface area (Å²) in [6.07, 6.45) is 0. The topological polar surface area (TPSA) is 34.1 Å². The number of rotatable bonds is 5. The Balaban J connectivity index is 2.07. The molecule has 1 N–H and O–H groups in total. The summed E-state index contributed by atoms with van der Waals surface area (Å²) in [5.74, 6) is 0.494. The van der Waals surface area contributed by atoms with Gasteiger partial charge in [0, 0.05) is 13.7 Å². The van der Waals surface area contributed by atoms with Gasteiger partial charge in [-0.3, -0.25) is 0 Å². The first-order valence-corrected chi connectivity index (χ1v) is 6.61. The molecular formula is C13H18N2OS. The van der Waals surface area contributed by atoms with Crippen molar-refractivity contribution in [3.05, 3.63) is 23.8 Å². The summed E-state index contributed by atoms with van der Waals surface area (Å²) < 4.78 is 6.36. The molecule has 0 radical (unpaired) electrons. The van der Waals surface area contributed by atoms with Gasteiger partial charge in [-0.05, 0) is 24.5 Å². The summed E-state index contributed by atoms with van der Waals surface area (Å²) in [7, 11) is 1.73. The van der Waals surface area contributed by atoms with Gasteiger partial charge in [0.2, 0.25) is 0 Å². The molecule has 0 aliphatic carbocycles. The van der Waals surface area contributed by atoms with E-state index in [0.29, 0.717) is 5.92 Å². The van der Waals surface area contributed by atoms with Crippen LogP contribution < -0.4 is 5.32 Å². The molecule has 0 spiro atoms. The average Bonchev–Trinajstić information content (AvgIpc) is 2.71. The second-order valence-corrected chi connectivity index (χ2v) is 5.41. The Morgan fingerprint density at radius 3 is 3.00 bits per heavy atom. The van der Waals surface area contributed by atoms with Crippen LogP contribution in [0, 0.1) is 12.8 Å². The lowest BCUT2D eigenvalue weighted by molar-refractivity contribution is 0.164. The van der Waals surface area contributed by atoms with E-state index in [9.17, 15) is 0 Å². The number of aromatic nitrogens is 1. The maximum atomic E-state index is 5.11.